The number of anilines is 3. The van der Waals surface area contributed by atoms with Crippen LogP contribution >= 0.6 is 23.7 Å². The van der Waals surface area contributed by atoms with E-state index in [1.807, 2.05) is 26.0 Å². The number of H-pyrrole nitrogens is 1. The van der Waals surface area contributed by atoms with Crippen molar-refractivity contribution in [2.45, 2.75) is 20.0 Å². The maximum Gasteiger partial charge on any atom is 0.248 e. The number of rotatable bonds is 5. The van der Waals surface area contributed by atoms with Gasteiger partial charge in [-0.05, 0) is 44.2 Å². The Balaban J connectivity index is 0.00000225. The summed E-state index contributed by atoms with van der Waals surface area (Å²) in [6.45, 7) is 3.87. The number of nitrogens with zero attached hydrogens (tertiary/aromatic N) is 2. The topological polar surface area (TPSA) is 132 Å². The van der Waals surface area contributed by atoms with Crippen LogP contribution in [-0.4, -0.2) is 27.0 Å². The van der Waals surface area contributed by atoms with Gasteiger partial charge in [0.05, 0.1) is 22.0 Å². The third kappa shape index (κ3) is 3.67. The highest BCUT2D eigenvalue weighted by Gasteiger charge is 2.14. The number of benzene rings is 2. The highest BCUT2D eigenvalue weighted by molar-refractivity contribution is 7.22. The molecule has 1 amide bonds. The maximum atomic E-state index is 11.5. The Morgan fingerprint density at radius 1 is 1.21 bits per heavy atom. The van der Waals surface area contributed by atoms with Crippen LogP contribution in [0.5, 0.6) is 5.75 Å². The minimum Gasteiger partial charge on any atom is -0.489 e. The predicted octanol–water partition coefficient (Wildman–Crippen LogP) is 3.81. The summed E-state index contributed by atoms with van der Waals surface area (Å²) in [5, 5.41) is 3.89. The highest BCUT2D eigenvalue weighted by atomic mass is 35.5. The van der Waals surface area contributed by atoms with E-state index < -0.39 is 5.91 Å². The van der Waals surface area contributed by atoms with Gasteiger partial charge in [-0.15, -0.1) is 12.4 Å². The van der Waals surface area contributed by atoms with Gasteiger partial charge in [0, 0.05) is 5.56 Å². The molecule has 0 spiro atoms. The largest absolute Gasteiger partial charge is 0.489 e. The van der Waals surface area contributed by atoms with Crippen molar-refractivity contribution in [2.24, 2.45) is 5.73 Å². The van der Waals surface area contributed by atoms with Crippen LogP contribution in [0, 0.1) is 0 Å². The summed E-state index contributed by atoms with van der Waals surface area (Å²) in [5.74, 6) is 0.456. The molecule has 2 aromatic heterocycles. The predicted molar refractivity (Wildman–Crippen MR) is 115 cm³/mol. The fourth-order valence-corrected chi connectivity index (χ4v) is 3.67. The van der Waals surface area contributed by atoms with Gasteiger partial charge in [-0.25, -0.2) is 9.97 Å². The molecular weight excluding hydrogens is 400 g/mol. The van der Waals surface area contributed by atoms with E-state index in [0.717, 1.165) is 21.3 Å². The number of halogens is 1. The lowest BCUT2D eigenvalue weighted by Crippen LogP contribution is -2.12. The summed E-state index contributed by atoms with van der Waals surface area (Å²) in [5.41, 5.74) is 14.5. The third-order valence-electron chi connectivity index (χ3n) is 3.90. The molecule has 10 heteroatoms. The zero-order chi connectivity index (χ0) is 19.1. The summed E-state index contributed by atoms with van der Waals surface area (Å²) >= 11 is 1.47. The molecular formula is C18H19ClN6O2S. The van der Waals surface area contributed by atoms with Crippen molar-refractivity contribution in [3.05, 3.63) is 35.9 Å². The van der Waals surface area contributed by atoms with Crippen LogP contribution in [0.2, 0.25) is 0 Å². The molecule has 4 aromatic rings. The SMILES string of the molecule is CC(C)Oc1ccc(C(N)=O)cc1Nc1nc2c(ccc3[nH]c(N)nc32)s1.Cl. The summed E-state index contributed by atoms with van der Waals surface area (Å²) in [6, 6.07) is 8.91. The molecule has 0 unspecified atom stereocenters. The first-order chi connectivity index (χ1) is 12.9. The Hall–Kier alpha value is -3.04. The zero-order valence-electron chi connectivity index (χ0n) is 15.1. The van der Waals surface area contributed by atoms with Crippen molar-refractivity contribution in [1.82, 2.24) is 15.0 Å². The van der Waals surface area contributed by atoms with Gasteiger partial charge >= 0.3 is 0 Å². The first-order valence-electron chi connectivity index (χ1n) is 8.33. The number of hydrogen-bond donors (Lipinski definition) is 4. The highest BCUT2D eigenvalue weighted by Crippen LogP contribution is 2.35. The molecule has 0 aliphatic heterocycles. The van der Waals surface area contributed by atoms with Gasteiger partial charge in [0.1, 0.15) is 16.8 Å². The Morgan fingerprint density at radius 3 is 2.71 bits per heavy atom. The quantitative estimate of drug-likeness (QED) is 0.389. The molecule has 0 aliphatic rings. The molecule has 0 bridgehead atoms. The number of nitrogens with one attached hydrogen (secondary N) is 2. The average Bonchev–Trinajstić information content (AvgIpc) is 3.17. The van der Waals surface area contributed by atoms with E-state index in [-0.39, 0.29) is 18.5 Å². The number of fused-ring (bicyclic) bond motifs is 3. The van der Waals surface area contributed by atoms with Crippen molar-refractivity contribution in [2.75, 3.05) is 11.1 Å². The summed E-state index contributed by atoms with van der Waals surface area (Å²) < 4.78 is 6.79. The van der Waals surface area contributed by atoms with Crippen LogP contribution < -0.4 is 21.5 Å². The molecule has 146 valence electrons. The van der Waals surface area contributed by atoms with Crippen LogP contribution in [0.15, 0.2) is 30.3 Å². The Labute approximate surface area is 170 Å². The van der Waals surface area contributed by atoms with Crippen LogP contribution in [-0.2, 0) is 0 Å². The van der Waals surface area contributed by atoms with E-state index in [2.05, 4.69) is 20.3 Å². The number of imidazole rings is 1. The lowest BCUT2D eigenvalue weighted by Gasteiger charge is -2.15. The van der Waals surface area contributed by atoms with Crippen molar-refractivity contribution in [3.63, 3.8) is 0 Å². The van der Waals surface area contributed by atoms with E-state index in [1.165, 1.54) is 11.3 Å². The standard InChI is InChI=1S/C18H18N6O2S.ClH/c1-8(2)26-12-5-3-9(16(19)25)7-11(12)22-18-24-15-13(27-18)6-4-10-14(15)23-17(20)21-10;/h3-8H,1-2H3,(H2,19,25)(H,22,24)(H3,20,21,23);1H. The molecule has 0 fully saturated rings. The maximum absolute atomic E-state index is 11.5. The molecule has 0 atom stereocenters. The fraction of sp³-hybridized carbons (Fsp3) is 0.167. The fourth-order valence-electron chi connectivity index (χ4n) is 2.79. The summed E-state index contributed by atoms with van der Waals surface area (Å²) in [4.78, 5) is 23.5. The first kappa shape index (κ1) is 19.7. The van der Waals surface area contributed by atoms with Gasteiger partial charge in [-0.2, -0.15) is 0 Å². The van der Waals surface area contributed by atoms with E-state index in [1.54, 1.807) is 18.2 Å². The number of thiazole rings is 1. The monoisotopic (exact) mass is 418 g/mol. The molecule has 2 heterocycles. The van der Waals surface area contributed by atoms with E-state index in [9.17, 15) is 4.79 Å². The number of nitrogen functional groups attached to an aromatic ring is 1. The number of aromatic nitrogens is 3. The van der Waals surface area contributed by atoms with Crippen LogP contribution in [0.3, 0.4) is 0 Å². The summed E-state index contributed by atoms with van der Waals surface area (Å²) in [6.07, 6.45) is -0.0213. The molecule has 0 saturated carbocycles. The van der Waals surface area contributed by atoms with Crippen molar-refractivity contribution in [3.8, 4) is 5.75 Å². The molecule has 4 rings (SSSR count). The van der Waals surface area contributed by atoms with Gasteiger partial charge < -0.3 is 26.5 Å². The van der Waals surface area contributed by atoms with E-state index in [0.29, 0.717) is 28.1 Å². The average molecular weight is 419 g/mol. The van der Waals surface area contributed by atoms with Gasteiger partial charge in [0.2, 0.25) is 5.91 Å². The van der Waals surface area contributed by atoms with Crippen molar-refractivity contribution in [1.29, 1.82) is 0 Å². The molecule has 8 nitrogen and oxygen atoms in total. The molecule has 28 heavy (non-hydrogen) atoms. The van der Waals surface area contributed by atoms with Crippen molar-refractivity contribution >= 4 is 67.7 Å². The van der Waals surface area contributed by atoms with Gasteiger partial charge in [0.25, 0.3) is 0 Å². The number of hydrogen-bond acceptors (Lipinski definition) is 7. The lowest BCUT2D eigenvalue weighted by molar-refractivity contribution is 0.100. The minimum atomic E-state index is -0.507. The number of carbonyl (C=O) groups is 1. The Bertz CT molecular complexity index is 1170. The summed E-state index contributed by atoms with van der Waals surface area (Å²) in [7, 11) is 0. The van der Waals surface area contributed by atoms with Crippen LogP contribution in [0.25, 0.3) is 21.3 Å². The molecule has 0 aliphatic carbocycles. The minimum absolute atomic E-state index is 0. The van der Waals surface area contributed by atoms with E-state index >= 15 is 0 Å². The normalized spacial score (nSPS) is 11.0. The molecule has 2 aromatic carbocycles. The van der Waals surface area contributed by atoms with Gasteiger partial charge in [-0.1, -0.05) is 11.3 Å². The van der Waals surface area contributed by atoms with E-state index in [4.69, 9.17) is 16.2 Å². The second kappa shape index (κ2) is 7.53. The van der Waals surface area contributed by atoms with Crippen LogP contribution in [0.1, 0.15) is 24.2 Å². The number of primary amides is 1. The van der Waals surface area contributed by atoms with Crippen LogP contribution in [0.4, 0.5) is 16.8 Å². The van der Waals surface area contributed by atoms with Gasteiger partial charge in [0.15, 0.2) is 11.1 Å². The van der Waals surface area contributed by atoms with Gasteiger partial charge in [-0.3, -0.25) is 4.79 Å². The number of carbonyl (C=O) groups excluding carboxylic acids is 1. The molecule has 6 N–H and O–H groups in total. The number of amides is 1. The van der Waals surface area contributed by atoms with Crippen molar-refractivity contribution < 1.29 is 9.53 Å². The first-order valence-corrected chi connectivity index (χ1v) is 9.14. The smallest absolute Gasteiger partial charge is 0.248 e. The lowest BCUT2D eigenvalue weighted by atomic mass is 10.1. The third-order valence-corrected chi connectivity index (χ3v) is 4.83. The number of ether oxygens (including phenoxy) is 1. The zero-order valence-corrected chi connectivity index (χ0v) is 16.8. The second-order valence-corrected chi connectivity index (χ2v) is 7.35. The molecule has 0 saturated heterocycles. The number of aromatic amines is 1. The second-order valence-electron chi connectivity index (χ2n) is 6.32. The Kier molecular flexibility index (Phi) is 5.30. The Morgan fingerprint density at radius 2 is 2.00 bits per heavy atom. The number of nitrogens with two attached hydrogens (primary N) is 2. The molecule has 0 radical (unpaired) electrons.